The van der Waals surface area contributed by atoms with E-state index in [1.165, 1.54) is 40.6 Å². The number of carboxylic acid groups (broad SMARTS) is 1. The van der Waals surface area contributed by atoms with Crippen molar-refractivity contribution in [2.75, 3.05) is 0 Å². The SMILES string of the molecule is O=C(O)CCCCc1nc2cc(-c3cc(CSc4nc5ccccc5[nH]4)on3)ccc2c(=O)n1-c1ccc(F)cc1. The van der Waals surface area contributed by atoms with Crippen LogP contribution >= 0.6 is 11.8 Å². The van der Waals surface area contributed by atoms with Gasteiger partial charge in [-0.25, -0.2) is 14.4 Å². The number of carboxylic acids is 1. The maximum atomic E-state index is 13.6. The quantitative estimate of drug-likeness (QED) is 0.149. The van der Waals surface area contributed by atoms with Crippen LogP contribution in [0.4, 0.5) is 4.39 Å². The molecule has 0 atom stereocenters. The van der Waals surface area contributed by atoms with Gasteiger partial charge >= 0.3 is 5.97 Å². The highest BCUT2D eigenvalue weighted by Crippen LogP contribution is 2.27. The van der Waals surface area contributed by atoms with Crippen LogP contribution < -0.4 is 5.56 Å². The Morgan fingerprint density at radius 3 is 2.63 bits per heavy atom. The first kappa shape index (κ1) is 26.5. The highest BCUT2D eigenvalue weighted by Gasteiger charge is 2.16. The van der Waals surface area contributed by atoms with Crippen LogP contribution in [0, 0.1) is 5.82 Å². The zero-order valence-electron chi connectivity index (χ0n) is 21.7. The number of unbranched alkanes of at least 4 members (excludes halogenated alkanes) is 1. The lowest BCUT2D eigenvalue weighted by molar-refractivity contribution is -0.137. The van der Waals surface area contributed by atoms with Crippen LogP contribution in [-0.2, 0) is 17.0 Å². The molecule has 0 unspecified atom stereocenters. The molecule has 3 aromatic carbocycles. The Kier molecular flexibility index (Phi) is 7.34. The number of benzene rings is 3. The highest BCUT2D eigenvalue weighted by molar-refractivity contribution is 7.98. The van der Waals surface area contributed by atoms with Gasteiger partial charge in [0.2, 0.25) is 0 Å². The normalized spacial score (nSPS) is 11.4. The van der Waals surface area contributed by atoms with Gasteiger partial charge in [0.05, 0.1) is 33.4 Å². The fourth-order valence-corrected chi connectivity index (χ4v) is 5.39. The molecule has 0 spiro atoms. The minimum absolute atomic E-state index is 0.0294. The topological polar surface area (TPSA) is 127 Å². The van der Waals surface area contributed by atoms with Gasteiger partial charge in [-0.1, -0.05) is 35.1 Å². The van der Waals surface area contributed by atoms with E-state index in [-0.39, 0.29) is 12.0 Å². The molecule has 41 heavy (non-hydrogen) atoms. The van der Waals surface area contributed by atoms with Crippen molar-refractivity contribution >= 4 is 39.7 Å². The number of H-pyrrole nitrogens is 1. The van der Waals surface area contributed by atoms with E-state index in [0.717, 1.165) is 21.8 Å². The number of imidazole rings is 1. The minimum Gasteiger partial charge on any atom is -0.481 e. The Hall–Kier alpha value is -4.77. The smallest absolute Gasteiger partial charge is 0.303 e. The summed E-state index contributed by atoms with van der Waals surface area (Å²) >= 11 is 1.51. The summed E-state index contributed by atoms with van der Waals surface area (Å²) in [7, 11) is 0. The second-order valence-corrected chi connectivity index (χ2v) is 10.5. The maximum Gasteiger partial charge on any atom is 0.303 e. The van der Waals surface area contributed by atoms with Crippen molar-refractivity contribution < 1.29 is 18.8 Å². The fourth-order valence-electron chi connectivity index (χ4n) is 4.63. The molecule has 0 fully saturated rings. The van der Waals surface area contributed by atoms with Gasteiger partial charge in [0, 0.05) is 24.5 Å². The van der Waals surface area contributed by atoms with Gasteiger partial charge in [-0.05, 0) is 61.4 Å². The van der Waals surface area contributed by atoms with E-state index < -0.39 is 11.8 Å². The van der Waals surface area contributed by atoms with Gasteiger partial charge in [-0.15, -0.1) is 0 Å². The molecule has 0 aliphatic rings. The summed E-state index contributed by atoms with van der Waals surface area (Å²) in [4.78, 5) is 37.2. The molecule has 3 heterocycles. The number of rotatable bonds is 10. The number of aromatic amines is 1. The third-order valence-electron chi connectivity index (χ3n) is 6.64. The molecule has 2 N–H and O–H groups in total. The molecule has 0 aliphatic heterocycles. The molecule has 0 saturated heterocycles. The number of carbonyl (C=O) groups is 1. The monoisotopic (exact) mass is 569 g/mol. The average molecular weight is 570 g/mol. The van der Waals surface area contributed by atoms with Crippen LogP contribution in [0.15, 0.2) is 87.3 Å². The lowest BCUT2D eigenvalue weighted by Crippen LogP contribution is -2.24. The molecule has 0 bridgehead atoms. The number of thioether (sulfide) groups is 1. The summed E-state index contributed by atoms with van der Waals surface area (Å²) in [5, 5.41) is 14.4. The van der Waals surface area contributed by atoms with Crippen LogP contribution in [0.1, 0.15) is 30.8 Å². The van der Waals surface area contributed by atoms with Crippen LogP contribution in [0.2, 0.25) is 0 Å². The van der Waals surface area contributed by atoms with Gasteiger partial charge in [0.1, 0.15) is 23.1 Å². The second-order valence-electron chi connectivity index (χ2n) is 9.50. The molecule has 9 nitrogen and oxygen atoms in total. The van der Waals surface area contributed by atoms with Crippen LogP contribution in [0.5, 0.6) is 0 Å². The Balaban J connectivity index is 1.28. The number of hydrogen-bond donors (Lipinski definition) is 2. The number of para-hydroxylation sites is 2. The first-order valence-corrected chi connectivity index (χ1v) is 14.0. The molecule has 6 aromatic rings. The molecular formula is C30H24FN5O4S. The highest BCUT2D eigenvalue weighted by atomic mass is 32.2. The van der Waals surface area contributed by atoms with E-state index in [9.17, 15) is 14.0 Å². The third-order valence-corrected chi connectivity index (χ3v) is 7.53. The second kappa shape index (κ2) is 11.4. The standard InChI is InChI=1S/C30H24FN5O4S/c31-19-10-12-20(13-11-19)36-27(7-3-4-8-28(37)38)32-26-15-18(9-14-22(26)29(36)39)25-16-21(40-35-25)17-41-30-33-23-5-1-2-6-24(23)34-30/h1-2,5-6,9-16H,3-4,7-8,17H2,(H,33,34)(H,37,38). The summed E-state index contributed by atoms with van der Waals surface area (Å²) < 4.78 is 20.6. The largest absolute Gasteiger partial charge is 0.481 e. The zero-order valence-corrected chi connectivity index (χ0v) is 22.5. The van der Waals surface area contributed by atoms with Crippen molar-refractivity contribution in [3.05, 3.63) is 101 Å². The number of aliphatic carboxylic acids is 1. The van der Waals surface area contributed by atoms with Crippen molar-refractivity contribution in [1.82, 2.24) is 24.7 Å². The van der Waals surface area contributed by atoms with Gasteiger partial charge in [-0.3, -0.25) is 14.2 Å². The molecule has 6 rings (SSSR count). The van der Waals surface area contributed by atoms with Crippen molar-refractivity contribution in [3.8, 4) is 16.9 Å². The van der Waals surface area contributed by atoms with Gasteiger partial charge in [0.15, 0.2) is 5.16 Å². The molecular weight excluding hydrogens is 545 g/mol. The summed E-state index contributed by atoms with van der Waals surface area (Å²) in [5.41, 5.74) is 3.91. The summed E-state index contributed by atoms with van der Waals surface area (Å²) in [5.74, 6) is 0.386. The summed E-state index contributed by atoms with van der Waals surface area (Å²) in [6.45, 7) is 0. The van der Waals surface area contributed by atoms with E-state index in [4.69, 9.17) is 14.6 Å². The fraction of sp³-hybridized carbons (Fsp3) is 0.167. The Labute approximate surface area is 237 Å². The molecule has 0 radical (unpaired) electrons. The molecule has 0 aliphatic carbocycles. The van der Waals surface area contributed by atoms with Gasteiger partial charge in [-0.2, -0.15) is 0 Å². The number of aryl methyl sites for hydroxylation is 1. The predicted octanol–water partition coefficient (Wildman–Crippen LogP) is 6.15. The predicted molar refractivity (Wildman–Crippen MR) is 154 cm³/mol. The first-order valence-electron chi connectivity index (χ1n) is 13.0. The van der Waals surface area contributed by atoms with E-state index in [1.54, 1.807) is 18.2 Å². The molecule has 0 saturated carbocycles. The Bertz CT molecular complexity index is 1900. The lowest BCUT2D eigenvalue weighted by atomic mass is 10.1. The Morgan fingerprint density at radius 2 is 1.83 bits per heavy atom. The van der Waals surface area contributed by atoms with E-state index >= 15 is 0 Å². The third kappa shape index (κ3) is 5.75. The number of hydrogen-bond acceptors (Lipinski definition) is 7. The number of fused-ring (bicyclic) bond motifs is 2. The van der Waals surface area contributed by atoms with Crippen molar-refractivity contribution in [2.24, 2.45) is 0 Å². The average Bonchev–Trinajstić information content (AvgIpc) is 3.62. The van der Waals surface area contributed by atoms with Crippen LogP contribution in [0.3, 0.4) is 0 Å². The van der Waals surface area contributed by atoms with Gasteiger partial charge in [0.25, 0.3) is 5.56 Å². The van der Waals surface area contributed by atoms with Gasteiger partial charge < -0.3 is 14.6 Å². The molecule has 206 valence electrons. The summed E-state index contributed by atoms with van der Waals surface area (Å²) in [6, 6.07) is 20.6. The van der Waals surface area contributed by atoms with Crippen LogP contribution in [-0.4, -0.2) is 35.8 Å². The van der Waals surface area contributed by atoms with Crippen LogP contribution in [0.25, 0.3) is 38.9 Å². The number of nitrogens with one attached hydrogen (secondary N) is 1. The molecule has 11 heteroatoms. The number of nitrogens with zero attached hydrogens (tertiary/aromatic N) is 4. The first-order chi connectivity index (χ1) is 19.9. The maximum absolute atomic E-state index is 13.6. The minimum atomic E-state index is -0.875. The Morgan fingerprint density at radius 1 is 1.00 bits per heavy atom. The summed E-state index contributed by atoms with van der Waals surface area (Å²) in [6.07, 6.45) is 1.38. The number of aromatic nitrogens is 5. The van der Waals surface area contributed by atoms with Crippen molar-refractivity contribution in [1.29, 1.82) is 0 Å². The lowest BCUT2D eigenvalue weighted by Gasteiger charge is -2.14. The van der Waals surface area contributed by atoms with E-state index in [0.29, 0.717) is 58.9 Å². The zero-order chi connectivity index (χ0) is 28.3. The van der Waals surface area contributed by atoms with E-state index in [1.807, 2.05) is 30.3 Å². The van der Waals surface area contributed by atoms with Crippen molar-refractivity contribution in [3.63, 3.8) is 0 Å². The van der Waals surface area contributed by atoms with Crippen molar-refractivity contribution in [2.45, 2.75) is 36.6 Å². The molecule has 0 amide bonds. The molecule has 3 aromatic heterocycles. The number of halogens is 1. The van der Waals surface area contributed by atoms with E-state index in [2.05, 4.69) is 15.1 Å².